The van der Waals surface area contributed by atoms with Gasteiger partial charge in [0.1, 0.15) is 0 Å². The van der Waals surface area contributed by atoms with Gasteiger partial charge in [-0.1, -0.05) is 45.0 Å². The molecule has 0 bridgehead atoms. The summed E-state index contributed by atoms with van der Waals surface area (Å²) in [4.78, 5) is 6.81. The molecule has 0 saturated carbocycles. The molecule has 1 fully saturated rings. The fourth-order valence-corrected chi connectivity index (χ4v) is 3.11. The Morgan fingerprint density at radius 2 is 1.78 bits per heavy atom. The number of halogens is 1. The Morgan fingerprint density at radius 1 is 1.11 bits per heavy atom. The Hall–Kier alpha value is -0.860. The molecule has 2 rings (SSSR count). The van der Waals surface area contributed by atoms with Gasteiger partial charge in [0.15, 0.2) is 5.96 Å². The van der Waals surface area contributed by atoms with E-state index in [2.05, 4.69) is 65.6 Å². The standard InChI is InChI=1S/C21H36N4O.HI/c1-21(2,3)10-7-11-23-20(22-4)24-16-18-8-5-6-9-19(18)17-25-12-14-26-15-13-25;/h5-6,8-9H,7,10-17H2,1-4H3,(H2,22,23,24);1H. The minimum absolute atomic E-state index is 0. The van der Waals surface area contributed by atoms with E-state index in [4.69, 9.17) is 4.74 Å². The molecule has 1 aromatic carbocycles. The predicted octanol–water partition coefficient (Wildman–Crippen LogP) is 3.63. The summed E-state index contributed by atoms with van der Waals surface area (Å²) in [5.74, 6) is 0.875. The molecule has 1 saturated heterocycles. The number of hydrogen-bond donors (Lipinski definition) is 2. The van der Waals surface area contributed by atoms with Gasteiger partial charge in [0.25, 0.3) is 0 Å². The van der Waals surface area contributed by atoms with Crippen LogP contribution in [0.2, 0.25) is 0 Å². The van der Waals surface area contributed by atoms with Gasteiger partial charge in [-0.25, -0.2) is 0 Å². The van der Waals surface area contributed by atoms with Crippen molar-refractivity contribution in [3.05, 3.63) is 35.4 Å². The van der Waals surface area contributed by atoms with Crippen LogP contribution in [0.15, 0.2) is 29.3 Å². The van der Waals surface area contributed by atoms with Crippen LogP contribution < -0.4 is 10.6 Å². The highest BCUT2D eigenvalue weighted by atomic mass is 127. The summed E-state index contributed by atoms with van der Waals surface area (Å²) in [5.41, 5.74) is 3.10. The molecule has 0 atom stereocenters. The van der Waals surface area contributed by atoms with E-state index in [-0.39, 0.29) is 24.0 Å². The van der Waals surface area contributed by atoms with Gasteiger partial charge < -0.3 is 15.4 Å². The molecule has 5 nitrogen and oxygen atoms in total. The van der Waals surface area contributed by atoms with Crippen LogP contribution in [0.25, 0.3) is 0 Å². The zero-order chi connectivity index (χ0) is 18.8. The van der Waals surface area contributed by atoms with Gasteiger partial charge in [0.2, 0.25) is 0 Å². The van der Waals surface area contributed by atoms with Crippen molar-refractivity contribution < 1.29 is 4.74 Å². The minimum atomic E-state index is 0. The van der Waals surface area contributed by atoms with Crippen LogP contribution in [0.5, 0.6) is 0 Å². The summed E-state index contributed by atoms with van der Waals surface area (Å²) < 4.78 is 5.45. The van der Waals surface area contributed by atoms with Gasteiger partial charge in [-0.05, 0) is 29.4 Å². The molecule has 1 aliphatic heterocycles. The molecule has 0 unspecified atom stereocenters. The zero-order valence-corrected chi connectivity index (χ0v) is 19.7. The van der Waals surface area contributed by atoms with E-state index in [1.54, 1.807) is 0 Å². The first-order valence-corrected chi connectivity index (χ1v) is 9.79. The van der Waals surface area contributed by atoms with Crippen molar-refractivity contribution in [2.45, 2.75) is 46.7 Å². The number of morpholine rings is 1. The van der Waals surface area contributed by atoms with Crippen LogP contribution in [0.3, 0.4) is 0 Å². The molecule has 0 amide bonds. The maximum absolute atomic E-state index is 5.45. The summed E-state index contributed by atoms with van der Waals surface area (Å²) in [6.45, 7) is 13.3. The molecule has 1 aliphatic rings. The topological polar surface area (TPSA) is 48.9 Å². The van der Waals surface area contributed by atoms with E-state index in [0.29, 0.717) is 5.41 Å². The summed E-state index contributed by atoms with van der Waals surface area (Å²) >= 11 is 0. The van der Waals surface area contributed by atoms with Crippen LogP contribution in [-0.2, 0) is 17.8 Å². The molecule has 0 aliphatic carbocycles. The van der Waals surface area contributed by atoms with Gasteiger partial charge in [0.05, 0.1) is 13.2 Å². The number of rotatable bonds is 7. The summed E-state index contributed by atoms with van der Waals surface area (Å²) in [6, 6.07) is 8.67. The largest absolute Gasteiger partial charge is 0.379 e. The van der Waals surface area contributed by atoms with E-state index >= 15 is 0 Å². The van der Waals surface area contributed by atoms with E-state index < -0.39 is 0 Å². The molecule has 27 heavy (non-hydrogen) atoms. The van der Waals surface area contributed by atoms with E-state index in [1.165, 1.54) is 17.5 Å². The van der Waals surface area contributed by atoms with Crippen molar-refractivity contribution in [3.63, 3.8) is 0 Å². The van der Waals surface area contributed by atoms with E-state index in [9.17, 15) is 0 Å². The first kappa shape index (κ1) is 24.2. The van der Waals surface area contributed by atoms with Crippen molar-refractivity contribution in [2.75, 3.05) is 39.9 Å². The SMILES string of the molecule is CN=C(NCCCC(C)(C)C)NCc1ccccc1CN1CCOCC1.I. The smallest absolute Gasteiger partial charge is 0.191 e. The molecule has 1 aromatic rings. The number of nitrogens with one attached hydrogen (secondary N) is 2. The third-order valence-corrected chi connectivity index (χ3v) is 4.68. The second kappa shape index (κ2) is 12.6. The van der Waals surface area contributed by atoms with Crippen LogP contribution in [0.4, 0.5) is 0 Å². The maximum atomic E-state index is 5.45. The highest BCUT2D eigenvalue weighted by Gasteiger charge is 2.13. The van der Waals surface area contributed by atoms with Gasteiger partial charge in [-0.2, -0.15) is 0 Å². The highest BCUT2D eigenvalue weighted by molar-refractivity contribution is 14.0. The Kier molecular flexibility index (Phi) is 11.3. The number of hydrogen-bond acceptors (Lipinski definition) is 3. The summed E-state index contributed by atoms with van der Waals surface area (Å²) in [7, 11) is 1.83. The maximum Gasteiger partial charge on any atom is 0.191 e. The predicted molar refractivity (Wildman–Crippen MR) is 125 cm³/mol. The molecule has 0 spiro atoms. The van der Waals surface area contributed by atoms with Gasteiger partial charge in [0, 0.05) is 39.8 Å². The third-order valence-electron chi connectivity index (χ3n) is 4.68. The summed E-state index contributed by atoms with van der Waals surface area (Å²) in [5, 5.41) is 6.88. The molecule has 154 valence electrons. The minimum Gasteiger partial charge on any atom is -0.379 e. The Morgan fingerprint density at radius 3 is 2.41 bits per heavy atom. The number of benzene rings is 1. The third kappa shape index (κ3) is 9.76. The van der Waals surface area contributed by atoms with Crippen molar-refractivity contribution in [1.29, 1.82) is 0 Å². The lowest BCUT2D eigenvalue weighted by Crippen LogP contribution is -2.38. The first-order valence-electron chi connectivity index (χ1n) is 9.79. The van der Waals surface area contributed by atoms with Crippen molar-refractivity contribution >= 4 is 29.9 Å². The quantitative estimate of drug-likeness (QED) is 0.267. The molecule has 0 radical (unpaired) electrons. The van der Waals surface area contributed by atoms with Crippen LogP contribution in [0.1, 0.15) is 44.7 Å². The number of aliphatic imine (C=N–C) groups is 1. The lowest BCUT2D eigenvalue weighted by molar-refractivity contribution is 0.0341. The average Bonchev–Trinajstić information content (AvgIpc) is 2.62. The van der Waals surface area contributed by atoms with Crippen LogP contribution in [0, 0.1) is 5.41 Å². The normalized spacial score (nSPS) is 15.9. The molecule has 2 N–H and O–H groups in total. The fraction of sp³-hybridized carbons (Fsp3) is 0.667. The van der Waals surface area contributed by atoms with Crippen molar-refractivity contribution in [1.82, 2.24) is 15.5 Å². The molecule has 0 aromatic heterocycles. The lowest BCUT2D eigenvalue weighted by Gasteiger charge is -2.27. The number of guanidine groups is 1. The number of nitrogens with zero attached hydrogens (tertiary/aromatic N) is 2. The van der Waals surface area contributed by atoms with Gasteiger partial charge in [-0.15, -0.1) is 24.0 Å². The monoisotopic (exact) mass is 488 g/mol. The molecular weight excluding hydrogens is 451 g/mol. The Labute approximate surface area is 182 Å². The summed E-state index contributed by atoms with van der Waals surface area (Å²) in [6.07, 6.45) is 2.36. The molecule has 6 heteroatoms. The average molecular weight is 488 g/mol. The lowest BCUT2D eigenvalue weighted by atomic mass is 9.91. The fourth-order valence-electron chi connectivity index (χ4n) is 3.11. The molecule has 1 heterocycles. The van der Waals surface area contributed by atoms with Gasteiger partial charge in [-0.3, -0.25) is 9.89 Å². The van der Waals surface area contributed by atoms with Crippen molar-refractivity contribution in [2.24, 2.45) is 10.4 Å². The van der Waals surface area contributed by atoms with Gasteiger partial charge >= 0.3 is 0 Å². The van der Waals surface area contributed by atoms with Crippen molar-refractivity contribution in [3.8, 4) is 0 Å². The highest BCUT2D eigenvalue weighted by Crippen LogP contribution is 2.19. The Balaban J connectivity index is 0.00000364. The molecular formula is C21H37IN4O. The van der Waals surface area contributed by atoms with E-state index in [0.717, 1.165) is 58.3 Å². The van der Waals surface area contributed by atoms with E-state index in [1.807, 2.05) is 7.05 Å². The zero-order valence-electron chi connectivity index (χ0n) is 17.4. The second-order valence-corrected chi connectivity index (χ2v) is 8.17. The number of ether oxygens (including phenoxy) is 1. The Bertz CT molecular complexity index is 566. The first-order chi connectivity index (χ1) is 12.5. The van der Waals surface area contributed by atoms with Crippen LogP contribution in [-0.4, -0.2) is 50.8 Å². The second-order valence-electron chi connectivity index (χ2n) is 8.17. The van der Waals surface area contributed by atoms with Crippen LogP contribution >= 0.6 is 24.0 Å².